The number of tetrazole rings is 1. The Morgan fingerprint density at radius 3 is 2.50 bits per heavy atom. The summed E-state index contributed by atoms with van der Waals surface area (Å²) >= 11 is 0. The minimum absolute atomic E-state index is 0.336. The molecule has 0 atom stereocenters. The number of aromatic amines is 1. The largest absolute Gasteiger partial charge is 0.372 e. The summed E-state index contributed by atoms with van der Waals surface area (Å²) in [6, 6.07) is 8.23. The molecule has 18 heavy (non-hydrogen) atoms. The van der Waals surface area contributed by atoms with Crippen LogP contribution < -0.4 is 4.90 Å². The van der Waals surface area contributed by atoms with E-state index >= 15 is 0 Å². The molecular weight excluding hydrogens is 228 g/mol. The Hall–Kier alpha value is -2.24. The Morgan fingerprint density at radius 1 is 1.22 bits per heavy atom. The van der Waals surface area contributed by atoms with Gasteiger partial charge in [-0.25, -0.2) is 4.99 Å². The smallest absolute Gasteiger partial charge is 0.288 e. The second-order valence-electron chi connectivity index (χ2n) is 3.73. The molecule has 0 unspecified atom stereocenters. The Bertz CT molecular complexity index is 484. The Morgan fingerprint density at radius 2 is 1.94 bits per heavy atom. The van der Waals surface area contributed by atoms with Gasteiger partial charge in [0.2, 0.25) is 0 Å². The summed E-state index contributed by atoms with van der Waals surface area (Å²) in [4.78, 5) is 6.39. The minimum atomic E-state index is 0.336. The van der Waals surface area contributed by atoms with Crippen molar-refractivity contribution in [1.82, 2.24) is 20.6 Å². The maximum Gasteiger partial charge on any atom is 0.288 e. The molecule has 2 aromatic rings. The lowest BCUT2D eigenvalue weighted by molar-refractivity contribution is 0.866. The number of anilines is 1. The predicted octanol–water partition coefficient (Wildman–Crippen LogP) is 1.80. The Balaban J connectivity index is 2.08. The first-order valence-electron chi connectivity index (χ1n) is 5.96. The van der Waals surface area contributed by atoms with Gasteiger partial charge in [0.25, 0.3) is 5.95 Å². The molecule has 0 aliphatic rings. The highest BCUT2D eigenvalue weighted by molar-refractivity contribution is 5.81. The van der Waals surface area contributed by atoms with Gasteiger partial charge in [-0.2, -0.15) is 5.21 Å². The zero-order valence-electron chi connectivity index (χ0n) is 10.5. The molecule has 0 spiro atoms. The topological polar surface area (TPSA) is 70.1 Å². The average molecular weight is 244 g/mol. The monoisotopic (exact) mass is 244 g/mol. The molecule has 0 saturated heterocycles. The maximum absolute atomic E-state index is 4.10. The molecule has 1 N–H and O–H groups in total. The zero-order valence-corrected chi connectivity index (χ0v) is 10.5. The van der Waals surface area contributed by atoms with E-state index in [1.54, 1.807) is 6.21 Å². The van der Waals surface area contributed by atoms with Crippen LogP contribution in [0, 0.1) is 0 Å². The first-order chi connectivity index (χ1) is 8.83. The lowest BCUT2D eigenvalue weighted by Crippen LogP contribution is -2.21. The molecule has 1 heterocycles. The molecule has 0 bridgehead atoms. The molecular formula is C12H16N6. The fourth-order valence-corrected chi connectivity index (χ4v) is 1.70. The van der Waals surface area contributed by atoms with E-state index in [1.165, 1.54) is 5.69 Å². The van der Waals surface area contributed by atoms with Crippen LogP contribution in [0.5, 0.6) is 0 Å². The summed E-state index contributed by atoms with van der Waals surface area (Å²) in [6.07, 6.45) is 1.72. The number of nitrogens with one attached hydrogen (secondary N) is 1. The van der Waals surface area contributed by atoms with Crippen molar-refractivity contribution >= 4 is 17.9 Å². The van der Waals surface area contributed by atoms with E-state index in [9.17, 15) is 0 Å². The number of aromatic nitrogens is 4. The molecule has 0 aliphatic heterocycles. The number of hydrogen-bond donors (Lipinski definition) is 1. The molecule has 0 amide bonds. The van der Waals surface area contributed by atoms with Crippen LogP contribution in [0.2, 0.25) is 0 Å². The van der Waals surface area contributed by atoms with E-state index in [-0.39, 0.29) is 0 Å². The third-order valence-corrected chi connectivity index (χ3v) is 2.68. The fourth-order valence-electron chi connectivity index (χ4n) is 1.70. The predicted molar refractivity (Wildman–Crippen MR) is 71.4 cm³/mol. The van der Waals surface area contributed by atoms with Gasteiger partial charge < -0.3 is 4.90 Å². The van der Waals surface area contributed by atoms with Crippen molar-refractivity contribution in [3.63, 3.8) is 0 Å². The van der Waals surface area contributed by atoms with Gasteiger partial charge >= 0.3 is 0 Å². The molecule has 0 aliphatic carbocycles. The normalized spacial score (nSPS) is 11.0. The lowest BCUT2D eigenvalue weighted by Gasteiger charge is -2.20. The first-order valence-corrected chi connectivity index (χ1v) is 5.96. The van der Waals surface area contributed by atoms with E-state index in [4.69, 9.17) is 0 Å². The summed E-state index contributed by atoms with van der Waals surface area (Å²) < 4.78 is 0. The summed E-state index contributed by atoms with van der Waals surface area (Å²) in [5.74, 6) is 0.336. The summed E-state index contributed by atoms with van der Waals surface area (Å²) in [5, 5.41) is 13.3. The molecule has 1 aromatic heterocycles. The van der Waals surface area contributed by atoms with Crippen LogP contribution in [0.3, 0.4) is 0 Å². The molecule has 2 rings (SSSR count). The van der Waals surface area contributed by atoms with Crippen molar-refractivity contribution in [3.8, 4) is 0 Å². The van der Waals surface area contributed by atoms with Crippen molar-refractivity contribution in [3.05, 3.63) is 29.8 Å². The number of H-pyrrole nitrogens is 1. The van der Waals surface area contributed by atoms with E-state index in [2.05, 4.69) is 56.5 Å². The van der Waals surface area contributed by atoms with Gasteiger partial charge in [0, 0.05) is 25.0 Å². The SMILES string of the molecule is CCN(CC)c1ccc(C=Nc2nn[nH]n2)cc1. The summed E-state index contributed by atoms with van der Waals surface area (Å²) in [6.45, 7) is 6.31. The lowest BCUT2D eigenvalue weighted by atomic mass is 10.2. The van der Waals surface area contributed by atoms with Gasteiger partial charge in [0.15, 0.2) is 0 Å². The minimum Gasteiger partial charge on any atom is -0.372 e. The molecule has 94 valence electrons. The second kappa shape index (κ2) is 5.90. The van der Waals surface area contributed by atoms with Gasteiger partial charge in [0.1, 0.15) is 0 Å². The van der Waals surface area contributed by atoms with Crippen molar-refractivity contribution in [2.24, 2.45) is 4.99 Å². The fraction of sp³-hybridized carbons (Fsp3) is 0.333. The molecule has 6 heteroatoms. The molecule has 1 aromatic carbocycles. The third kappa shape index (κ3) is 2.91. The quantitative estimate of drug-likeness (QED) is 0.814. The van der Waals surface area contributed by atoms with Gasteiger partial charge in [-0.1, -0.05) is 17.2 Å². The van der Waals surface area contributed by atoms with Crippen molar-refractivity contribution in [2.75, 3.05) is 18.0 Å². The summed E-state index contributed by atoms with van der Waals surface area (Å²) in [7, 11) is 0. The number of benzene rings is 1. The van der Waals surface area contributed by atoms with Gasteiger partial charge in [0.05, 0.1) is 0 Å². The van der Waals surface area contributed by atoms with Crippen LogP contribution in [-0.4, -0.2) is 39.9 Å². The van der Waals surface area contributed by atoms with Crippen molar-refractivity contribution < 1.29 is 0 Å². The number of nitrogens with zero attached hydrogens (tertiary/aromatic N) is 5. The first kappa shape index (κ1) is 12.2. The van der Waals surface area contributed by atoms with E-state index in [0.29, 0.717) is 5.95 Å². The Labute approximate surface area is 106 Å². The van der Waals surface area contributed by atoms with Crippen LogP contribution in [0.25, 0.3) is 0 Å². The molecule has 0 fully saturated rings. The Kier molecular flexibility index (Phi) is 4.01. The standard InChI is InChI=1S/C12H16N6/c1-3-18(4-2)11-7-5-10(6-8-11)9-13-12-14-16-17-15-12/h5-9H,3-4H2,1-2H3,(H,14,15,16,17). The second-order valence-corrected chi connectivity index (χ2v) is 3.73. The van der Waals surface area contributed by atoms with Crippen LogP contribution in [0.15, 0.2) is 29.3 Å². The zero-order chi connectivity index (χ0) is 12.8. The number of hydrogen-bond acceptors (Lipinski definition) is 5. The highest BCUT2D eigenvalue weighted by atomic mass is 15.5. The van der Waals surface area contributed by atoms with Crippen LogP contribution in [-0.2, 0) is 0 Å². The maximum atomic E-state index is 4.10. The molecule has 0 radical (unpaired) electrons. The van der Waals surface area contributed by atoms with Gasteiger partial charge in [-0.3, -0.25) is 0 Å². The third-order valence-electron chi connectivity index (χ3n) is 2.68. The summed E-state index contributed by atoms with van der Waals surface area (Å²) in [5.41, 5.74) is 2.23. The number of aliphatic imine (C=N–C) groups is 1. The van der Waals surface area contributed by atoms with E-state index in [0.717, 1.165) is 18.7 Å². The van der Waals surface area contributed by atoms with Gasteiger partial charge in [-0.15, -0.1) is 5.10 Å². The highest BCUT2D eigenvalue weighted by Gasteiger charge is 2.00. The van der Waals surface area contributed by atoms with E-state index in [1.807, 2.05) is 12.1 Å². The highest BCUT2D eigenvalue weighted by Crippen LogP contribution is 2.14. The van der Waals surface area contributed by atoms with Crippen LogP contribution in [0.4, 0.5) is 11.6 Å². The number of rotatable bonds is 5. The van der Waals surface area contributed by atoms with Gasteiger partial charge in [-0.05, 0) is 36.8 Å². The average Bonchev–Trinajstić information content (AvgIpc) is 2.92. The van der Waals surface area contributed by atoms with Crippen molar-refractivity contribution in [1.29, 1.82) is 0 Å². The van der Waals surface area contributed by atoms with Crippen LogP contribution in [0.1, 0.15) is 19.4 Å². The van der Waals surface area contributed by atoms with Crippen LogP contribution >= 0.6 is 0 Å². The van der Waals surface area contributed by atoms with Crippen molar-refractivity contribution in [2.45, 2.75) is 13.8 Å². The molecule has 6 nitrogen and oxygen atoms in total. The van der Waals surface area contributed by atoms with E-state index < -0.39 is 0 Å². The molecule has 0 saturated carbocycles.